The highest BCUT2D eigenvalue weighted by atomic mass is 79.9. The first-order chi connectivity index (χ1) is 13.4. The summed E-state index contributed by atoms with van der Waals surface area (Å²) in [5.74, 6) is -2.51. The summed E-state index contributed by atoms with van der Waals surface area (Å²) in [6.45, 7) is 0. The molecule has 7 nitrogen and oxygen atoms in total. The SMILES string of the molecule is COc1ccc(Cl)c(S(=O)(=O)NC(=O)c2nc(Br)n([C@H]3C[C@@H]3C(F)(F)F)c2Br)c1. The molecule has 0 radical (unpaired) electrons. The van der Waals surface area contributed by atoms with Crippen molar-refractivity contribution in [1.29, 1.82) is 0 Å². The lowest BCUT2D eigenvalue weighted by Crippen LogP contribution is -2.31. The molecule has 0 aliphatic heterocycles. The third-order valence-electron chi connectivity index (χ3n) is 4.19. The molecule has 1 aliphatic rings. The maximum Gasteiger partial charge on any atom is 0.393 e. The lowest BCUT2D eigenvalue weighted by Gasteiger charge is -2.10. The van der Waals surface area contributed by atoms with Crippen LogP contribution in [-0.4, -0.2) is 37.2 Å². The Morgan fingerprint density at radius 1 is 1.38 bits per heavy atom. The average molecular weight is 582 g/mol. The number of methoxy groups -OCH3 is 1. The first kappa shape index (κ1) is 22.4. The van der Waals surface area contributed by atoms with Crippen LogP contribution in [0.25, 0.3) is 0 Å². The second-order valence-electron chi connectivity index (χ2n) is 6.07. The van der Waals surface area contributed by atoms with E-state index in [0.717, 1.165) is 10.6 Å². The van der Waals surface area contributed by atoms with Gasteiger partial charge in [-0.15, -0.1) is 0 Å². The molecule has 1 aromatic carbocycles. The van der Waals surface area contributed by atoms with Crippen molar-refractivity contribution in [2.45, 2.75) is 23.5 Å². The quantitative estimate of drug-likeness (QED) is 0.569. The average Bonchev–Trinajstić information content (AvgIpc) is 3.34. The molecule has 0 bridgehead atoms. The van der Waals surface area contributed by atoms with Gasteiger partial charge in [0.05, 0.1) is 18.1 Å². The molecule has 2 aromatic rings. The normalized spacial score (nSPS) is 19.1. The van der Waals surface area contributed by atoms with Crippen LogP contribution in [0.4, 0.5) is 13.2 Å². The van der Waals surface area contributed by atoms with E-state index in [2.05, 4.69) is 36.8 Å². The highest BCUT2D eigenvalue weighted by molar-refractivity contribution is 9.11. The summed E-state index contributed by atoms with van der Waals surface area (Å²) in [5.41, 5.74) is -0.396. The summed E-state index contributed by atoms with van der Waals surface area (Å²) < 4.78 is 71.5. The molecule has 1 aromatic heterocycles. The first-order valence-corrected chi connectivity index (χ1v) is 11.2. The molecule has 1 saturated carbocycles. The van der Waals surface area contributed by atoms with Crippen molar-refractivity contribution < 1.29 is 31.1 Å². The highest BCUT2D eigenvalue weighted by Gasteiger charge is 2.57. The van der Waals surface area contributed by atoms with Crippen molar-refractivity contribution in [2.24, 2.45) is 5.92 Å². The fraction of sp³-hybridized carbons (Fsp3) is 0.333. The standard InChI is InChI=1S/C15H11Br2ClF3N3O4S/c1-28-6-2-3-8(18)10(4-6)29(26,27)23-13(25)11-12(16)24(14(17)22-11)9-5-7(9)15(19,20)21/h2-4,7,9H,5H2,1H3,(H,23,25)/t7-,9-/m0/s1. The van der Waals surface area contributed by atoms with Gasteiger partial charge in [0.25, 0.3) is 15.9 Å². The summed E-state index contributed by atoms with van der Waals surface area (Å²) in [4.78, 5) is 15.9. The Bertz CT molecular complexity index is 1090. The minimum Gasteiger partial charge on any atom is -0.497 e. The van der Waals surface area contributed by atoms with Gasteiger partial charge in [0, 0.05) is 12.1 Å². The molecular weight excluding hydrogens is 571 g/mol. The predicted octanol–water partition coefficient (Wildman–Crippen LogP) is 4.31. The molecule has 0 saturated heterocycles. The van der Waals surface area contributed by atoms with E-state index in [4.69, 9.17) is 16.3 Å². The van der Waals surface area contributed by atoms with Crippen LogP contribution in [0, 0.1) is 5.92 Å². The van der Waals surface area contributed by atoms with Crippen LogP contribution >= 0.6 is 43.5 Å². The zero-order valence-electron chi connectivity index (χ0n) is 14.3. The van der Waals surface area contributed by atoms with Crippen LogP contribution in [0.3, 0.4) is 0 Å². The van der Waals surface area contributed by atoms with Gasteiger partial charge in [-0.1, -0.05) is 11.6 Å². The van der Waals surface area contributed by atoms with E-state index < -0.39 is 44.7 Å². The topological polar surface area (TPSA) is 90.3 Å². The van der Waals surface area contributed by atoms with E-state index in [0.29, 0.717) is 0 Å². The minimum atomic E-state index is -4.41. The number of benzene rings is 1. The number of ether oxygens (including phenoxy) is 1. The van der Waals surface area contributed by atoms with E-state index in [-0.39, 0.29) is 26.5 Å². The van der Waals surface area contributed by atoms with Crippen molar-refractivity contribution in [3.63, 3.8) is 0 Å². The van der Waals surface area contributed by atoms with Gasteiger partial charge in [0.15, 0.2) is 10.4 Å². The van der Waals surface area contributed by atoms with Gasteiger partial charge in [0.1, 0.15) is 15.2 Å². The number of nitrogens with one attached hydrogen (secondary N) is 1. The molecule has 0 spiro atoms. The summed E-state index contributed by atoms with van der Waals surface area (Å²) in [6.07, 6.45) is -4.56. The maximum atomic E-state index is 12.9. The van der Waals surface area contributed by atoms with Crippen LogP contribution in [0.2, 0.25) is 5.02 Å². The number of alkyl halides is 3. The van der Waals surface area contributed by atoms with Crippen molar-refractivity contribution >= 4 is 59.4 Å². The van der Waals surface area contributed by atoms with Gasteiger partial charge in [0.2, 0.25) is 0 Å². The Balaban J connectivity index is 1.88. The van der Waals surface area contributed by atoms with Gasteiger partial charge in [-0.05, 0) is 50.4 Å². The van der Waals surface area contributed by atoms with Gasteiger partial charge in [-0.25, -0.2) is 18.1 Å². The molecule has 29 heavy (non-hydrogen) atoms. The Morgan fingerprint density at radius 2 is 2.03 bits per heavy atom. The van der Waals surface area contributed by atoms with Gasteiger partial charge < -0.3 is 9.30 Å². The third-order valence-corrected chi connectivity index (χ3v) is 7.32. The molecule has 1 heterocycles. The van der Waals surface area contributed by atoms with Crippen molar-refractivity contribution in [3.8, 4) is 5.75 Å². The zero-order valence-corrected chi connectivity index (χ0v) is 19.0. The largest absolute Gasteiger partial charge is 0.497 e. The summed E-state index contributed by atoms with van der Waals surface area (Å²) in [6, 6.07) is 2.90. The second-order valence-corrected chi connectivity index (χ2v) is 9.59. The molecule has 1 fully saturated rings. The fourth-order valence-corrected chi connectivity index (χ4v) is 5.70. The molecule has 158 valence electrons. The van der Waals surface area contributed by atoms with Crippen LogP contribution in [0.5, 0.6) is 5.75 Å². The molecule has 1 amide bonds. The predicted molar refractivity (Wildman–Crippen MR) is 103 cm³/mol. The van der Waals surface area contributed by atoms with E-state index in [1.54, 1.807) is 0 Å². The molecule has 1 N–H and O–H groups in total. The summed E-state index contributed by atoms with van der Waals surface area (Å²) in [7, 11) is -3.08. The Morgan fingerprint density at radius 3 is 2.59 bits per heavy atom. The Labute approximate surface area is 184 Å². The van der Waals surface area contributed by atoms with Crippen molar-refractivity contribution in [2.75, 3.05) is 7.11 Å². The molecule has 1 aliphatic carbocycles. The van der Waals surface area contributed by atoms with Gasteiger partial charge >= 0.3 is 6.18 Å². The number of amides is 1. The van der Waals surface area contributed by atoms with Crippen LogP contribution in [0.15, 0.2) is 32.4 Å². The Hall–Kier alpha value is -1.31. The number of sulfonamides is 1. The maximum absolute atomic E-state index is 12.9. The molecular formula is C15H11Br2ClF3N3O4S. The number of rotatable bonds is 5. The number of nitrogens with zero attached hydrogens (tertiary/aromatic N) is 2. The van der Waals surface area contributed by atoms with Crippen LogP contribution < -0.4 is 9.46 Å². The summed E-state index contributed by atoms with van der Waals surface area (Å²) in [5, 5.41) is -0.150. The van der Waals surface area contributed by atoms with Gasteiger partial charge in [-0.2, -0.15) is 13.2 Å². The molecule has 2 atom stereocenters. The fourth-order valence-electron chi connectivity index (χ4n) is 2.67. The van der Waals surface area contributed by atoms with Crippen molar-refractivity contribution in [1.82, 2.24) is 14.3 Å². The van der Waals surface area contributed by atoms with E-state index in [1.807, 2.05) is 4.72 Å². The molecule has 0 unspecified atom stereocenters. The van der Waals surface area contributed by atoms with Crippen LogP contribution in [-0.2, 0) is 10.0 Å². The number of hydrogen-bond donors (Lipinski definition) is 1. The third kappa shape index (κ3) is 4.42. The lowest BCUT2D eigenvalue weighted by atomic mass is 10.3. The van der Waals surface area contributed by atoms with E-state index >= 15 is 0 Å². The number of aromatic nitrogens is 2. The van der Waals surface area contributed by atoms with Crippen molar-refractivity contribution in [3.05, 3.63) is 38.3 Å². The monoisotopic (exact) mass is 579 g/mol. The Kier molecular flexibility index (Phi) is 5.98. The molecule has 14 heteroatoms. The smallest absolute Gasteiger partial charge is 0.393 e. The second kappa shape index (κ2) is 7.75. The number of imidazole rings is 1. The number of carbonyl (C=O) groups is 1. The minimum absolute atomic E-state index is 0.0388. The molecule has 3 rings (SSSR count). The number of hydrogen-bond acceptors (Lipinski definition) is 5. The number of carbonyl (C=O) groups excluding carboxylic acids is 1. The van der Waals surface area contributed by atoms with E-state index in [9.17, 15) is 26.4 Å². The lowest BCUT2D eigenvalue weighted by molar-refractivity contribution is -0.150. The first-order valence-electron chi connectivity index (χ1n) is 7.77. The van der Waals surface area contributed by atoms with Crippen LogP contribution in [0.1, 0.15) is 23.0 Å². The summed E-state index contributed by atoms with van der Waals surface area (Å²) >= 11 is 12.0. The van der Waals surface area contributed by atoms with E-state index in [1.165, 1.54) is 19.2 Å². The number of halogens is 6. The van der Waals surface area contributed by atoms with Gasteiger partial charge in [-0.3, -0.25) is 4.79 Å². The highest BCUT2D eigenvalue weighted by Crippen LogP contribution is 2.55. The zero-order chi connectivity index (χ0) is 21.7.